The summed E-state index contributed by atoms with van der Waals surface area (Å²) in [6.07, 6.45) is 4.10. The van der Waals surface area contributed by atoms with Crippen molar-refractivity contribution in [2.45, 2.75) is 38.8 Å². The van der Waals surface area contributed by atoms with Gasteiger partial charge in [-0.2, -0.15) is 0 Å². The lowest BCUT2D eigenvalue weighted by Crippen LogP contribution is -2.28. The molecule has 2 N–H and O–H groups in total. The largest absolute Gasteiger partial charge is 0.313 e. The number of fused-ring (bicyclic) bond motifs is 1. The van der Waals surface area contributed by atoms with Gasteiger partial charge in [0.2, 0.25) is 0 Å². The summed E-state index contributed by atoms with van der Waals surface area (Å²) in [7, 11) is 0. The van der Waals surface area contributed by atoms with Gasteiger partial charge in [0.25, 0.3) is 0 Å². The molecular weight excluding hydrogens is 220 g/mol. The smallest absolute Gasteiger partial charge is 0.0335 e. The molecule has 2 atom stereocenters. The molecule has 3 rings (SSSR count). The molecular formula is C16H24N2. The van der Waals surface area contributed by atoms with Crippen LogP contribution in [0.3, 0.4) is 0 Å². The summed E-state index contributed by atoms with van der Waals surface area (Å²) in [5, 5.41) is 7.32. The minimum atomic E-state index is 0.539. The Morgan fingerprint density at radius 3 is 2.94 bits per heavy atom. The summed E-state index contributed by atoms with van der Waals surface area (Å²) in [5.74, 6) is 1.84. The fourth-order valence-corrected chi connectivity index (χ4v) is 3.03. The molecule has 1 aliphatic carbocycles. The van der Waals surface area contributed by atoms with Crippen LogP contribution in [0.25, 0.3) is 0 Å². The van der Waals surface area contributed by atoms with Crippen LogP contribution in [0.15, 0.2) is 24.3 Å². The standard InChI is InChI=1S/C16H24N2/c1-12(13-6-7-13)10-18-16-8-9-17-11-14-4-2-3-5-15(14)16/h2-5,12-13,16-18H,6-11H2,1H3. The van der Waals surface area contributed by atoms with Gasteiger partial charge in [-0.3, -0.25) is 0 Å². The van der Waals surface area contributed by atoms with E-state index in [1.165, 1.54) is 36.9 Å². The first-order valence-corrected chi connectivity index (χ1v) is 7.36. The van der Waals surface area contributed by atoms with Crippen LogP contribution in [0.4, 0.5) is 0 Å². The SMILES string of the molecule is CC(CNC1CCNCc2ccccc21)C1CC1. The highest BCUT2D eigenvalue weighted by molar-refractivity contribution is 5.31. The first kappa shape index (κ1) is 12.2. The Morgan fingerprint density at radius 2 is 2.11 bits per heavy atom. The van der Waals surface area contributed by atoms with Crippen molar-refractivity contribution in [3.63, 3.8) is 0 Å². The predicted molar refractivity (Wildman–Crippen MR) is 75.4 cm³/mol. The minimum absolute atomic E-state index is 0.539. The van der Waals surface area contributed by atoms with Gasteiger partial charge >= 0.3 is 0 Å². The summed E-state index contributed by atoms with van der Waals surface area (Å²) < 4.78 is 0. The van der Waals surface area contributed by atoms with Gasteiger partial charge in [0, 0.05) is 12.6 Å². The summed E-state index contributed by atoms with van der Waals surface area (Å²) in [6.45, 7) is 5.70. The molecule has 2 unspecified atom stereocenters. The quantitative estimate of drug-likeness (QED) is 0.851. The molecule has 2 nitrogen and oxygen atoms in total. The highest BCUT2D eigenvalue weighted by Gasteiger charge is 2.28. The van der Waals surface area contributed by atoms with E-state index in [4.69, 9.17) is 0 Å². The molecule has 0 radical (unpaired) electrons. The van der Waals surface area contributed by atoms with Crippen LogP contribution in [0.2, 0.25) is 0 Å². The van der Waals surface area contributed by atoms with Crippen molar-refractivity contribution >= 4 is 0 Å². The summed E-state index contributed by atoms with van der Waals surface area (Å²) >= 11 is 0. The van der Waals surface area contributed by atoms with Crippen LogP contribution in [-0.4, -0.2) is 13.1 Å². The lowest BCUT2D eigenvalue weighted by atomic mass is 9.98. The first-order valence-electron chi connectivity index (χ1n) is 7.36. The van der Waals surface area contributed by atoms with Gasteiger partial charge < -0.3 is 10.6 Å². The van der Waals surface area contributed by atoms with E-state index >= 15 is 0 Å². The molecule has 2 aliphatic rings. The van der Waals surface area contributed by atoms with Crippen LogP contribution in [0.1, 0.15) is 43.4 Å². The number of nitrogens with one attached hydrogen (secondary N) is 2. The Balaban J connectivity index is 1.67. The van der Waals surface area contributed by atoms with Crippen LogP contribution < -0.4 is 10.6 Å². The second-order valence-corrected chi connectivity index (χ2v) is 5.94. The van der Waals surface area contributed by atoms with Crippen LogP contribution in [0.5, 0.6) is 0 Å². The van der Waals surface area contributed by atoms with Crippen molar-refractivity contribution in [1.29, 1.82) is 0 Å². The highest BCUT2D eigenvalue weighted by atomic mass is 14.9. The van der Waals surface area contributed by atoms with E-state index in [0.29, 0.717) is 6.04 Å². The third-order valence-corrected chi connectivity index (χ3v) is 4.47. The fraction of sp³-hybridized carbons (Fsp3) is 0.625. The zero-order valence-electron chi connectivity index (χ0n) is 11.3. The number of rotatable bonds is 4. The number of hydrogen-bond acceptors (Lipinski definition) is 2. The molecule has 98 valence electrons. The van der Waals surface area contributed by atoms with Crippen LogP contribution in [-0.2, 0) is 6.54 Å². The van der Waals surface area contributed by atoms with Crippen molar-refractivity contribution in [2.75, 3.05) is 13.1 Å². The average molecular weight is 244 g/mol. The van der Waals surface area contributed by atoms with E-state index < -0.39 is 0 Å². The second-order valence-electron chi connectivity index (χ2n) is 5.94. The van der Waals surface area contributed by atoms with Gasteiger partial charge in [-0.05, 0) is 55.3 Å². The Bertz CT molecular complexity index is 398. The molecule has 1 aromatic rings. The molecule has 2 heteroatoms. The molecule has 0 saturated heterocycles. The third-order valence-electron chi connectivity index (χ3n) is 4.47. The van der Waals surface area contributed by atoms with Crippen LogP contribution in [0, 0.1) is 11.8 Å². The Labute approximate surface area is 110 Å². The van der Waals surface area contributed by atoms with E-state index in [0.717, 1.165) is 24.9 Å². The van der Waals surface area contributed by atoms with Gasteiger partial charge in [-0.1, -0.05) is 31.2 Å². The number of benzene rings is 1. The maximum Gasteiger partial charge on any atom is 0.0335 e. The van der Waals surface area contributed by atoms with E-state index in [-0.39, 0.29) is 0 Å². The number of hydrogen-bond donors (Lipinski definition) is 2. The molecule has 1 heterocycles. The monoisotopic (exact) mass is 244 g/mol. The molecule has 1 aliphatic heterocycles. The van der Waals surface area contributed by atoms with Crippen molar-refractivity contribution in [3.8, 4) is 0 Å². The van der Waals surface area contributed by atoms with Crippen molar-refractivity contribution < 1.29 is 0 Å². The summed E-state index contributed by atoms with van der Waals surface area (Å²) in [6, 6.07) is 9.41. The Hall–Kier alpha value is -0.860. The van der Waals surface area contributed by atoms with Gasteiger partial charge in [0.05, 0.1) is 0 Å². The zero-order valence-corrected chi connectivity index (χ0v) is 11.3. The average Bonchev–Trinajstić information content (AvgIpc) is 3.23. The van der Waals surface area contributed by atoms with E-state index in [1.54, 1.807) is 0 Å². The topological polar surface area (TPSA) is 24.1 Å². The second kappa shape index (κ2) is 5.41. The molecule has 1 aromatic carbocycles. The van der Waals surface area contributed by atoms with Gasteiger partial charge in [-0.25, -0.2) is 0 Å². The fourth-order valence-electron chi connectivity index (χ4n) is 3.03. The van der Waals surface area contributed by atoms with E-state index in [1.807, 2.05) is 0 Å². The maximum absolute atomic E-state index is 3.80. The molecule has 0 aromatic heterocycles. The predicted octanol–water partition coefficient (Wildman–Crippen LogP) is 2.86. The lowest BCUT2D eigenvalue weighted by molar-refractivity contribution is 0.408. The molecule has 0 bridgehead atoms. The minimum Gasteiger partial charge on any atom is -0.313 e. The first-order chi connectivity index (χ1) is 8.84. The third kappa shape index (κ3) is 2.76. The van der Waals surface area contributed by atoms with Crippen LogP contribution >= 0.6 is 0 Å². The van der Waals surface area contributed by atoms with Gasteiger partial charge in [0.15, 0.2) is 0 Å². The molecule has 1 fully saturated rings. The van der Waals surface area contributed by atoms with E-state index in [2.05, 4.69) is 41.8 Å². The molecule has 0 amide bonds. The van der Waals surface area contributed by atoms with Crippen molar-refractivity contribution in [2.24, 2.45) is 11.8 Å². The zero-order chi connectivity index (χ0) is 12.4. The molecule has 18 heavy (non-hydrogen) atoms. The van der Waals surface area contributed by atoms with Gasteiger partial charge in [0.1, 0.15) is 0 Å². The lowest BCUT2D eigenvalue weighted by Gasteiger charge is -2.21. The molecule has 0 spiro atoms. The summed E-state index contributed by atoms with van der Waals surface area (Å²) in [4.78, 5) is 0. The van der Waals surface area contributed by atoms with Gasteiger partial charge in [-0.15, -0.1) is 0 Å². The van der Waals surface area contributed by atoms with Crippen molar-refractivity contribution in [1.82, 2.24) is 10.6 Å². The normalized spacial score (nSPS) is 25.3. The Kier molecular flexibility index (Phi) is 3.67. The van der Waals surface area contributed by atoms with E-state index in [9.17, 15) is 0 Å². The molecule has 1 saturated carbocycles. The van der Waals surface area contributed by atoms with Crippen molar-refractivity contribution in [3.05, 3.63) is 35.4 Å². The highest BCUT2D eigenvalue weighted by Crippen LogP contribution is 2.36. The Morgan fingerprint density at radius 1 is 1.28 bits per heavy atom. The maximum atomic E-state index is 3.80. The summed E-state index contributed by atoms with van der Waals surface area (Å²) in [5.41, 5.74) is 2.97.